The molecule has 3 amide bonds. The lowest BCUT2D eigenvalue weighted by Crippen LogP contribution is -2.30. The Morgan fingerprint density at radius 3 is 2.35 bits per heavy atom. The maximum atomic E-state index is 12.0. The summed E-state index contributed by atoms with van der Waals surface area (Å²) in [6, 6.07) is 15.6. The van der Waals surface area contributed by atoms with Crippen LogP contribution in [-0.4, -0.2) is 24.6 Å². The lowest BCUT2D eigenvalue weighted by atomic mass is 10.2. The van der Waals surface area contributed by atoms with Crippen molar-refractivity contribution in [2.75, 3.05) is 17.2 Å². The number of ether oxygens (including phenoxy) is 1. The molecule has 0 spiro atoms. The van der Waals surface area contributed by atoms with Gasteiger partial charge in [0.2, 0.25) is 0 Å². The molecule has 3 N–H and O–H groups in total. The van der Waals surface area contributed by atoms with E-state index in [1.165, 1.54) is 0 Å². The minimum atomic E-state index is -0.343. The van der Waals surface area contributed by atoms with Crippen molar-refractivity contribution in [2.45, 2.75) is 18.9 Å². The maximum Gasteiger partial charge on any atom is 0.319 e. The second-order valence-electron chi connectivity index (χ2n) is 5.89. The highest BCUT2D eigenvalue weighted by molar-refractivity contribution is 5.93. The van der Waals surface area contributed by atoms with Crippen LogP contribution in [0.3, 0.4) is 0 Å². The van der Waals surface area contributed by atoms with Crippen molar-refractivity contribution in [1.82, 2.24) is 5.32 Å². The smallest absolute Gasteiger partial charge is 0.319 e. The number of urea groups is 1. The highest BCUT2D eigenvalue weighted by Crippen LogP contribution is 2.19. The average Bonchev–Trinajstić information content (AvgIpc) is 3.45. The van der Waals surface area contributed by atoms with E-state index in [2.05, 4.69) is 16.0 Å². The van der Waals surface area contributed by atoms with Gasteiger partial charge >= 0.3 is 6.03 Å². The number of amides is 3. The first-order valence-corrected chi connectivity index (χ1v) is 8.23. The molecule has 1 saturated carbocycles. The van der Waals surface area contributed by atoms with Crippen LogP contribution < -0.4 is 20.7 Å². The van der Waals surface area contributed by atoms with Gasteiger partial charge in [0.25, 0.3) is 5.91 Å². The molecule has 0 heterocycles. The monoisotopic (exact) mass is 350 g/mol. The molecule has 26 heavy (non-hydrogen) atoms. The highest BCUT2D eigenvalue weighted by Gasteiger charge is 2.23. The number of benzene rings is 2. The van der Waals surface area contributed by atoms with Gasteiger partial charge < -0.3 is 20.7 Å². The van der Waals surface area contributed by atoms with Gasteiger partial charge in [-0.2, -0.15) is 5.26 Å². The van der Waals surface area contributed by atoms with Crippen LogP contribution in [0.15, 0.2) is 48.5 Å². The fourth-order valence-electron chi connectivity index (χ4n) is 2.24. The minimum Gasteiger partial charge on any atom is -0.482 e. The van der Waals surface area contributed by atoms with Crippen LogP contribution in [0.1, 0.15) is 18.4 Å². The van der Waals surface area contributed by atoms with Gasteiger partial charge in [-0.05, 0) is 49.2 Å². The van der Waals surface area contributed by atoms with Gasteiger partial charge in [0.1, 0.15) is 11.8 Å². The van der Waals surface area contributed by atoms with E-state index in [-0.39, 0.29) is 18.5 Å². The third kappa shape index (κ3) is 4.98. The first kappa shape index (κ1) is 17.3. The van der Waals surface area contributed by atoms with Crippen molar-refractivity contribution in [1.29, 1.82) is 5.26 Å². The molecule has 2 aromatic rings. The number of nitriles is 1. The number of nitrogens with one attached hydrogen (secondary N) is 3. The predicted octanol–water partition coefficient (Wildman–Crippen LogP) is 2.86. The summed E-state index contributed by atoms with van der Waals surface area (Å²) in [5.41, 5.74) is 1.60. The zero-order valence-electron chi connectivity index (χ0n) is 14.0. The number of nitrogens with zero attached hydrogens (tertiary/aromatic N) is 1. The van der Waals surface area contributed by atoms with Crippen molar-refractivity contribution >= 4 is 23.3 Å². The lowest BCUT2D eigenvalue weighted by Gasteiger charge is -2.10. The molecule has 3 rings (SSSR count). The lowest BCUT2D eigenvalue weighted by molar-refractivity contribution is -0.118. The zero-order valence-corrected chi connectivity index (χ0v) is 14.0. The maximum absolute atomic E-state index is 12.0. The molecule has 7 nitrogen and oxygen atoms in total. The molecule has 0 atom stereocenters. The first-order chi connectivity index (χ1) is 12.6. The summed E-state index contributed by atoms with van der Waals surface area (Å²) >= 11 is 0. The molecular formula is C19H18N4O3. The summed E-state index contributed by atoms with van der Waals surface area (Å²) < 4.78 is 5.38. The Kier molecular flexibility index (Phi) is 5.34. The molecule has 0 bridgehead atoms. The van der Waals surface area contributed by atoms with E-state index in [1.807, 2.05) is 6.07 Å². The van der Waals surface area contributed by atoms with Crippen molar-refractivity contribution in [3.63, 3.8) is 0 Å². The Morgan fingerprint density at radius 1 is 1.04 bits per heavy atom. The number of para-hydroxylation sites is 1. The van der Waals surface area contributed by atoms with Gasteiger partial charge in [-0.3, -0.25) is 4.79 Å². The number of carbonyl (C=O) groups excluding carboxylic acids is 2. The van der Waals surface area contributed by atoms with E-state index in [0.717, 1.165) is 12.8 Å². The molecule has 0 saturated heterocycles. The normalized spacial score (nSPS) is 12.6. The summed E-state index contributed by atoms with van der Waals surface area (Å²) in [4.78, 5) is 23.6. The molecule has 1 aliphatic rings. The van der Waals surface area contributed by atoms with Gasteiger partial charge in [0.15, 0.2) is 6.61 Å². The second-order valence-corrected chi connectivity index (χ2v) is 5.89. The van der Waals surface area contributed by atoms with Crippen LogP contribution in [-0.2, 0) is 4.79 Å². The Bertz CT molecular complexity index is 839. The molecule has 0 radical (unpaired) electrons. The van der Waals surface area contributed by atoms with Gasteiger partial charge in [-0.1, -0.05) is 12.1 Å². The van der Waals surface area contributed by atoms with Crippen LogP contribution in [0.2, 0.25) is 0 Å². The Hall–Kier alpha value is -3.53. The van der Waals surface area contributed by atoms with Gasteiger partial charge in [-0.15, -0.1) is 0 Å². The topological polar surface area (TPSA) is 103 Å². The fraction of sp³-hybridized carbons (Fsp3) is 0.211. The highest BCUT2D eigenvalue weighted by atomic mass is 16.5. The van der Waals surface area contributed by atoms with Gasteiger partial charge in [0.05, 0.1) is 5.56 Å². The Labute approximate surface area is 151 Å². The molecule has 2 aromatic carbocycles. The van der Waals surface area contributed by atoms with E-state index in [0.29, 0.717) is 28.7 Å². The SMILES string of the molecule is N#Cc1ccccc1OCC(=O)Nc1ccc(NC(=O)NC2CC2)cc1. The van der Waals surface area contributed by atoms with E-state index in [4.69, 9.17) is 10.00 Å². The molecule has 1 fully saturated rings. The number of hydrogen-bond acceptors (Lipinski definition) is 4. The van der Waals surface area contributed by atoms with Gasteiger partial charge in [-0.25, -0.2) is 4.79 Å². The average molecular weight is 350 g/mol. The number of carbonyl (C=O) groups is 2. The summed E-state index contributed by atoms with van der Waals surface area (Å²) in [7, 11) is 0. The quantitative estimate of drug-likeness (QED) is 0.745. The standard InChI is InChI=1S/C19H18N4O3/c20-11-13-3-1-2-4-17(13)26-12-18(24)21-14-5-7-15(8-6-14)22-19(25)23-16-9-10-16/h1-8,16H,9-10,12H2,(H,21,24)(H2,22,23,25). The second kappa shape index (κ2) is 8.03. The van der Waals surface area contributed by atoms with Gasteiger partial charge in [0, 0.05) is 17.4 Å². The van der Waals surface area contributed by atoms with Crippen LogP contribution in [0, 0.1) is 11.3 Å². The summed E-state index contributed by atoms with van der Waals surface area (Å²) in [5.74, 6) is 0.0244. The largest absolute Gasteiger partial charge is 0.482 e. The van der Waals surface area contributed by atoms with Crippen molar-refractivity contribution < 1.29 is 14.3 Å². The number of rotatable bonds is 6. The molecule has 0 aliphatic heterocycles. The van der Waals surface area contributed by atoms with E-state index >= 15 is 0 Å². The van der Waals surface area contributed by atoms with Crippen LogP contribution >= 0.6 is 0 Å². The van der Waals surface area contributed by atoms with E-state index in [9.17, 15) is 9.59 Å². The molecule has 7 heteroatoms. The van der Waals surface area contributed by atoms with Crippen LogP contribution in [0.4, 0.5) is 16.2 Å². The fourth-order valence-corrected chi connectivity index (χ4v) is 2.24. The zero-order chi connectivity index (χ0) is 18.4. The summed E-state index contributed by atoms with van der Waals surface area (Å²) in [5, 5.41) is 17.3. The molecule has 132 valence electrons. The third-order valence-corrected chi connectivity index (χ3v) is 3.71. The Balaban J connectivity index is 1.48. The summed E-state index contributed by atoms with van der Waals surface area (Å²) in [6.45, 7) is -0.206. The van der Waals surface area contributed by atoms with Crippen molar-refractivity contribution in [3.8, 4) is 11.8 Å². The number of hydrogen-bond donors (Lipinski definition) is 3. The first-order valence-electron chi connectivity index (χ1n) is 8.23. The van der Waals surface area contributed by atoms with Crippen molar-refractivity contribution in [3.05, 3.63) is 54.1 Å². The molecule has 0 aromatic heterocycles. The number of anilines is 2. The van der Waals surface area contributed by atoms with Crippen LogP contribution in [0.5, 0.6) is 5.75 Å². The molecule has 0 unspecified atom stereocenters. The molecule has 1 aliphatic carbocycles. The molecular weight excluding hydrogens is 332 g/mol. The third-order valence-electron chi connectivity index (χ3n) is 3.71. The van der Waals surface area contributed by atoms with E-state index in [1.54, 1.807) is 48.5 Å². The van der Waals surface area contributed by atoms with Crippen molar-refractivity contribution in [2.24, 2.45) is 0 Å². The minimum absolute atomic E-state index is 0.206. The predicted molar refractivity (Wildman–Crippen MR) is 96.9 cm³/mol. The Morgan fingerprint density at radius 2 is 1.69 bits per heavy atom. The van der Waals surface area contributed by atoms with E-state index < -0.39 is 0 Å². The van der Waals surface area contributed by atoms with Crippen LogP contribution in [0.25, 0.3) is 0 Å². The summed E-state index contributed by atoms with van der Waals surface area (Å²) in [6.07, 6.45) is 2.05.